The van der Waals surface area contributed by atoms with Crippen molar-refractivity contribution in [1.29, 1.82) is 0 Å². The molecule has 0 aliphatic carbocycles. The van der Waals surface area contributed by atoms with Gasteiger partial charge >= 0.3 is 0 Å². The summed E-state index contributed by atoms with van der Waals surface area (Å²) in [5.74, 6) is 0. The van der Waals surface area contributed by atoms with E-state index in [1.165, 1.54) is 5.56 Å². The van der Waals surface area contributed by atoms with E-state index in [9.17, 15) is 0 Å². The Hall–Kier alpha value is -1.08. The monoisotopic (exact) mass is 176 g/mol. The number of allylic oxidation sites excluding steroid dienone is 1. The molecule has 1 aromatic carbocycles. The van der Waals surface area contributed by atoms with Crippen LogP contribution < -0.4 is 0 Å². The Balaban J connectivity index is 2.33. The van der Waals surface area contributed by atoms with Crippen LogP contribution in [0, 0.1) is 0 Å². The lowest BCUT2D eigenvalue weighted by molar-refractivity contribution is 0.186. The maximum atomic E-state index is 9.02. The zero-order valence-corrected chi connectivity index (χ0v) is 7.98. The van der Waals surface area contributed by atoms with E-state index in [1.807, 2.05) is 25.1 Å². The van der Waals surface area contributed by atoms with E-state index in [1.54, 1.807) is 0 Å². The van der Waals surface area contributed by atoms with E-state index >= 15 is 0 Å². The fourth-order valence-electron chi connectivity index (χ4n) is 1.12. The summed E-state index contributed by atoms with van der Waals surface area (Å²) in [6, 6.07) is 10.2. The average molecular weight is 176 g/mol. The first kappa shape index (κ1) is 10.0. The van der Waals surface area contributed by atoms with Crippen LogP contribution in [-0.4, -0.2) is 11.2 Å². The summed E-state index contributed by atoms with van der Waals surface area (Å²) in [4.78, 5) is 0. The van der Waals surface area contributed by atoms with Gasteiger partial charge in [-0.2, -0.15) is 0 Å². The van der Waals surface area contributed by atoms with E-state index in [0.717, 1.165) is 12.8 Å². The Morgan fingerprint density at radius 3 is 2.62 bits per heavy atom. The molecule has 0 aliphatic heterocycles. The Kier molecular flexibility index (Phi) is 4.27. The van der Waals surface area contributed by atoms with E-state index in [4.69, 9.17) is 5.11 Å². The molecule has 0 radical (unpaired) electrons. The van der Waals surface area contributed by atoms with Crippen LogP contribution >= 0.6 is 0 Å². The third-order valence-electron chi connectivity index (χ3n) is 1.86. The van der Waals surface area contributed by atoms with Gasteiger partial charge in [-0.1, -0.05) is 42.5 Å². The fraction of sp³-hybridized carbons (Fsp3) is 0.333. The van der Waals surface area contributed by atoms with Crippen LogP contribution in [0.5, 0.6) is 0 Å². The van der Waals surface area contributed by atoms with Crippen LogP contribution in [0.4, 0.5) is 0 Å². The summed E-state index contributed by atoms with van der Waals surface area (Å²) in [6.45, 7) is 1.82. The van der Waals surface area contributed by atoms with Gasteiger partial charge in [0, 0.05) is 0 Å². The fourth-order valence-corrected chi connectivity index (χ4v) is 1.12. The lowest BCUT2D eigenvalue weighted by Gasteiger charge is -1.98. The normalized spacial score (nSPS) is 13.4. The molecule has 0 aromatic heterocycles. The number of benzene rings is 1. The van der Waals surface area contributed by atoms with Crippen molar-refractivity contribution >= 4 is 6.08 Å². The summed E-state index contributed by atoms with van der Waals surface area (Å²) in [7, 11) is 0. The van der Waals surface area contributed by atoms with Crippen molar-refractivity contribution in [2.75, 3.05) is 0 Å². The minimum Gasteiger partial charge on any atom is -0.393 e. The molecule has 0 unspecified atom stereocenters. The minimum atomic E-state index is -0.194. The predicted molar refractivity (Wildman–Crippen MR) is 56.4 cm³/mol. The number of aliphatic hydroxyl groups is 1. The highest BCUT2D eigenvalue weighted by Gasteiger charge is 1.90. The number of hydrogen-bond donors (Lipinski definition) is 1. The first-order valence-corrected chi connectivity index (χ1v) is 4.68. The lowest BCUT2D eigenvalue weighted by atomic mass is 10.1. The van der Waals surface area contributed by atoms with Crippen LogP contribution in [0.3, 0.4) is 0 Å². The molecule has 70 valence electrons. The number of hydrogen-bond acceptors (Lipinski definition) is 1. The molecule has 0 saturated carbocycles. The van der Waals surface area contributed by atoms with Crippen molar-refractivity contribution < 1.29 is 5.11 Å². The first-order chi connectivity index (χ1) is 6.29. The van der Waals surface area contributed by atoms with E-state index in [-0.39, 0.29) is 6.10 Å². The molecule has 0 saturated heterocycles. The van der Waals surface area contributed by atoms with Crippen LogP contribution in [0.15, 0.2) is 36.4 Å². The zero-order chi connectivity index (χ0) is 9.52. The highest BCUT2D eigenvalue weighted by Crippen LogP contribution is 2.03. The van der Waals surface area contributed by atoms with Gasteiger partial charge in [0.2, 0.25) is 0 Å². The van der Waals surface area contributed by atoms with Crippen molar-refractivity contribution in [1.82, 2.24) is 0 Å². The lowest BCUT2D eigenvalue weighted by Crippen LogP contribution is -1.96. The standard InChI is InChI=1S/C12H16O/c1-11(13)7-5-6-10-12-8-3-2-4-9-12/h2-4,6,8-11,13H,5,7H2,1H3/b10-6+/t11-/m0/s1. The molecule has 1 N–H and O–H groups in total. The number of rotatable bonds is 4. The highest BCUT2D eigenvalue weighted by atomic mass is 16.3. The quantitative estimate of drug-likeness (QED) is 0.748. The van der Waals surface area contributed by atoms with Crippen molar-refractivity contribution in [3.8, 4) is 0 Å². The van der Waals surface area contributed by atoms with Gasteiger partial charge in [-0.15, -0.1) is 0 Å². The van der Waals surface area contributed by atoms with Gasteiger partial charge in [-0.3, -0.25) is 0 Å². The molecule has 0 bridgehead atoms. The molecule has 1 aromatic rings. The molecule has 0 heterocycles. The van der Waals surface area contributed by atoms with Gasteiger partial charge < -0.3 is 5.11 Å². The van der Waals surface area contributed by atoms with Gasteiger partial charge in [0.05, 0.1) is 6.10 Å². The van der Waals surface area contributed by atoms with Gasteiger partial charge in [0.25, 0.3) is 0 Å². The molecule has 1 nitrogen and oxygen atoms in total. The maximum Gasteiger partial charge on any atom is 0.0515 e. The molecule has 0 amide bonds. The molecule has 13 heavy (non-hydrogen) atoms. The Labute approximate surface area is 79.7 Å². The Bertz CT molecular complexity index is 249. The van der Waals surface area contributed by atoms with Gasteiger partial charge in [0.1, 0.15) is 0 Å². The van der Waals surface area contributed by atoms with Crippen LogP contribution in [0.1, 0.15) is 25.3 Å². The molecular weight excluding hydrogens is 160 g/mol. The first-order valence-electron chi connectivity index (χ1n) is 4.68. The summed E-state index contributed by atoms with van der Waals surface area (Å²) in [5.41, 5.74) is 1.22. The van der Waals surface area contributed by atoms with E-state index < -0.39 is 0 Å². The van der Waals surface area contributed by atoms with Gasteiger partial charge in [-0.05, 0) is 25.3 Å². The van der Waals surface area contributed by atoms with Crippen LogP contribution in [0.25, 0.3) is 6.08 Å². The SMILES string of the molecule is C[C@H](O)CC/C=C/c1ccccc1. The average Bonchev–Trinajstić information content (AvgIpc) is 2.14. The molecule has 0 fully saturated rings. The molecule has 1 heteroatoms. The minimum absolute atomic E-state index is 0.194. The van der Waals surface area contributed by atoms with Crippen molar-refractivity contribution in [3.05, 3.63) is 42.0 Å². The van der Waals surface area contributed by atoms with Crippen molar-refractivity contribution in [2.24, 2.45) is 0 Å². The summed E-state index contributed by atoms with van der Waals surface area (Å²) >= 11 is 0. The highest BCUT2D eigenvalue weighted by molar-refractivity contribution is 5.48. The second-order valence-electron chi connectivity index (χ2n) is 3.24. The predicted octanol–water partition coefficient (Wildman–Crippen LogP) is 2.86. The molecular formula is C12H16O. The maximum absolute atomic E-state index is 9.02. The second-order valence-corrected chi connectivity index (χ2v) is 3.24. The van der Waals surface area contributed by atoms with Crippen LogP contribution in [-0.2, 0) is 0 Å². The number of aliphatic hydroxyl groups excluding tert-OH is 1. The zero-order valence-electron chi connectivity index (χ0n) is 7.98. The smallest absolute Gasteiger partial charge is 0.0515 e. The van der Waals surface area contributed by atoms with Crippen molar-refractivity contribution in [3.63, 3.8) is 0 Å². The molecule has 0 aliphatic rings. The summed E-state index contributed by atoms with van der Waals surface area (Å²) in [5, 5.41) is 9.02. The molecule has 0 spiro atoms. The Morgan fingerprint density at radius 2 is 2.00 bits per heavy atom. The second kappa shape index (κ2) is 5.55. The third-order valence-corrected chi connectivity index (χ3v) is 1.86. The summed E-state index contributed by atoms with van der Waals surface area (Å²) in [6.07, 6.45) is 5.76. The summed E-state index contributed by atoms with van der Waals surface area (Å²) < 4.78 is 0. The third kappa shape index (κ3) is 4.48. The van der Waals surface area contributed by atoms with Gasteiger partial charge in [0.15, 0.2) is 0 Å². The largest absolute Gasteiger partial charge is 0.393 e. The van der Waals surface area contributed by atoms with Crippen molar-refractivity contribution in [2.45, 2.75) is 25.9 Å². The molecule has 1 atom stereocenters. The topological polar surface area (TPSA) is 20.2 Å². The van der Waals surface area contributed by atoms with E-state index in [0.29, 0.717) is 0 Å². The van der Waals surface area contributed by atoms with Crippen LogP contribution in [0.2, 0.25) is 0 Å². The van der Waals surface area contributed by atoms with Gasteiger partial charge in [-0.25, -0.2) is 0 Å². The Morgan fingerprint density at radius 1 is 1.31 bits per heavy atom. The molecule has 1 rings (SSSR count). The van der Waals surface area contributed by atoms with E-state index in [2.05, 4.69) is 24.3 Å².